The van der Waals surface area contributed by atoms with Crippen molar-refractivity contribution in [3.05, 3.63) is 29.3 Å². The molecule has 0 radical (unpaired) electrons. The number of rotatable bonds is 5. The first-order chi connectivity index (χ1) is 10.1. The van der Waals surface area contributed by atoms with Gasteiger partial charge in [-0.1, -0.05) is 19.9 Å². The van der Waals surface area contributed by atoms with Crippen LogP contribution in [0.3, 0.4) is 0 Å². The maximum Gasteiger partial charge on any atom is 0.123 e. The highest BCUT2D eigenvalue weighted by Gasteiger charge is 2.20. The van der Waals surface area contributed by atoms with Crippen LogP contribution in [0.25, 0.3) is 0 Å². The van der Waals surface area contributed by atoms with Crippen LogP contribution in [0.15, 0.2) is 18.2 Å². The SMILES string of the molecule is COc1ccc(CO)cc1CN1CCCC(C(C)C)CC1. The van der Waals surface area contributed by atoms with Gasteiger partial charge in [0.15, 0.2) is 0 Å². The molecular weight excluding hydrogens is 262 g/mol. The molecule has 0 aliphatic carbocycles. The summed E-state index contributed by atoms with van der Waals surface area (Å²) in [5.41, 5.74) is 2.15. The molecule has 2 rings (SSSR count). The molecule has 1 saturated heterocycles. The Kier molecular flexibility index (Phi) is 6.07. The Morgan fingerprint density at radius 3 is 2.76 bits per heavy atom. The Labute approximate surface area is 128 Å². The van der Waals surface area contributed by atoms with E-state index in [-0.39, 0.29) is 6.61 Å². The van der Waals surface area contributed by atoms with Gasteiger partial charge in [-0.25, -0.2) is 0 Å². The largest absolute Gasteiger partial charge is 0.496 e. The lowest BCUT2D eigenvalue weighted by atomic mass is 9.89. The van der Waals surface area contributed by atoms with Gasteiger partial charge in [-0.15, -0.1) is 0 Å². The van der Waals surface area contributed by atoms with Crippen LogP contribution in [-0.2, 0) is 13.2 Å². The van der Waals surface area contributed by atoms with E-state index in [0.29, 0.717) is 0 Å². The van der Waals surface area contributed by atoms with E-state index in [1.807, 2.05) is 12.1 Å². The lowest BCUT2D eigenvalue weighted by Gasteiger charge is -2.22. The molecule has 1 aromatic carbocycles. The van der Waals surface area contributed by atoms with Crippen LogP contribution in [0.4, 0.5) is 0 Å². The number of methoxy groups -OCH3 is 1. The first-order valence-corrected chi connectivity index (χ1v) is 8.13. The van der Waals surface area contributed by atoms with Crippen molar-refractivity contribution in [3.8, 4) is 5.75 Å². The lowest BCUT2D eigenvalue weighted by molar-refractivity contribution is 0.259. The van der Waals surface area contributed by atoms with Gasteiger partial charge < -0.3 is 9.84 Å². The Morgan fingerprint density at radius 1 is 1.29 bits per heavy atom. The van der Waals surface area contributed by atoms with E-state index in [2.05, 4.69) is 24.8 Å². The van der Waals surface area contributed by atoms with E-state index in [4.69, 9.17) is 4.74 Å². The molecule has 118 valence electrons. The van der Waals surface area contributed by atoms with Gasteiger partial charge in [-0.2, -0.15) is 0 Å². The summed E-state index contributed by atoms with van der Waals surface area (Å²) in [5, 5.41) is 9.32. The second kappa shape index (κ2) is 7.81. The van der Waals surface area contributed by atoms with Crippen LogP contribution < -0.4 is 4.74 Å². The van der Waals surface area contributed by atoms with Crippen LogP contribution in [0.2, 0.25) is 0 Å². The highest BCUT2D eigenvalue weighted by Crippen LogP contribution is 2.27. The van der Waals surface area contributed by atoms with Crippen molar-refractivity contribution in [1.82, 2.24) is 4.90 Å². The highest BCUT2D eigenvalue weighted by molar-refractivity contribution is 5.37. The molecule has 3 nitrogen and oxygen atoms in total. The molecule has 0 bridgehead atoms. The van der Waals surface area contributed by atoms with Crippen molar-refractivity contribution in [2.24, 2.45) is 11.8 Å². The molecule has 1 heterocycles. The second-order valence-electron chi connectivity index (χ2n) is 6.52. The van der Waals surface area contributed by atoms with E-state index in [1.54, 1.807) is 7.11 Å². The summed E-state index contributed by atoms with van der Waals surface area (Å²) in [6.07, 6.45) is 3.92. The number of benzene rings is 1. The van der Waals surface area contributed by atoms with Crippen molar-refractivity contribution < 1.29 is 9.84 Å². The Balaban J connectivity index is 2.04. The third-order valence-corrected chi connectivity index (χ3v) is 4.73. The number of aliphatic hydroxyl groups excluding tert-OH is 1. The minimum Gasteiger partial charge on any atom is -0.496 e. The maximum atomic E-state index is 9.32. The molecule has 1 aliphatic rings. The fraction of sp³-hybridized carbons (Fsp3) is 0.667. The number of aliphatic hydroxyl groups is 1. The summed E-state index contributed by atoms with van der Waals surface area (Å²) in [7, 11) is 1.72. The third-order valence-electron chi connectivity index (χ3n) is 4.73. The Bertz CT molecular complexity index is 445. The fourth-order valence-corrected chi connectivity index (χ4v) is 3.30. The van der Waals surface area contributed by atoms with Gasteiger partial charge >= 0.3 is 0 Å². The van der Waals surface area contributed by atoms with Crippen LogP contribution in [0.1, 0.15) is 44.2 Å². The molecule has 0 spiro atoms. The minimum absolute atomic E-state index is 0.0897. The monoisotopic (exact) mass is 291 g/mol. The standard InChI is InChI=1S/C18H29NO2/c1-14(2)16-5-4-9-19(10-8-16)12-17-11-15(13-20)6-7-18(17)21-3/h6-7,11,14,16,20H,4-5,8-10,12-13H2,1-3H3. The van der Waals surface area contributed by atoms with Crippen molar-refractivity contribution in [2.45, 2.75) is 46.3 Å². The van der Waals surface area contributed by atoms with Crippen molar-refractivity contribution in [3.63, 3.8) is 0 Å². The molecule has 0 aromatic heterocycles. The summed E-state index contributed by atoms with van der Waals surface area (Å²) < 4.78 is 5.47. The lowest BCUT2D eigenvalue weighted by Crippen LogP contribution is -2.25. The van der Waals surface area contributed by atoms with E-state index < -0.39 is 0 Å². The van der Waals surface area contributed by atoms with Gasteiger partial charge in [0.1, 0.15) is 5.75 Å². The molecule has 0 amide bonds. The topological polar surface area (TPSA) is 32.7 Å². The molecule has 1 aromatic rings. The normalized spacial score (nSPS) is 20.5. The van der Waals surface area contributed by atoms with Crippen LogP contribution in [0, 0.1) is 11.8 Å². The zero-order chi connectivity index (χ0) is 15.2. The van der Waals surface area contributed by atoms with E-state index in [1.165, 1.54) is 24.8 Å². The average molecular weight is 291 g/mol. The molecule has 1 unspecified atom stereocenters. The number of likely N-dealkylation sites (tertiary alicyclic amines) is 1. The van der Waals surface area contributed by atoms with E-state index in [9.17, 15) is 5.11 Å². The second-order valence-corrected chi connectivity index (χ2v) is 6.52. The van der Waals surface area contributed by atoms with Crippen LogP contribution in [-0.4, -0.2) is 30.2 Å². The molecule has 21 heavy (non-hydrogen) atoms. The zero-order valence-corrected chi connectivity index (χ0v) is 13.6. The number of hydrogen-bond acceptors (Lipinski definition) is 3. The van der Waals surface area contributed by atoms with Gasteiger partial charge in [0.25, 0.3) is 0 Å². The van der Waals surface area contributed by atoms with Crippen molar-refractivity contribution in [1.29, 1.82) is 0 Å². The number of hydrogen-bond donors (Lipinski definition) is 1. The van der Waals surface area contributed by atoms with Gasteiger partial charge in [0.05, 0.1) is 13.7 Å². The van der Waals surface area contributed by atoms with Gasteiger partial charge in [-0.05, 0) is 61.9 Å². The summed E-state index contributed by atoms with van der Waals surface area (Å²) in [5.74, 6) is 2.58. The molecule has 1 atom stereocenters. The van der Waals surface area contributed by atoms with Gasteiger partial charge in [-0.3, -0.25) is 4.90 Å². The summed E-state index contributed by atoms with van der Waals surface area (Å²) in [6.45, 7) is 8.02. The van der Waals surface area contributed by atoms with Gasteiger partial charge in [0, 0.05) is 12.1 Å². The van der Waals surface area contributed by atoms with Crippen molar-refractivity contribution in [2.75, 3.05) is 20.2 Å². The smallest absolute Gasteiger partial charge is 0.123 e. The molecule has 1 N–H and O–H groups in total. The van der Waals surface area contributed by atoms with Crippen LogP contribution >= 0.6 is 0 Å². The van der Waals surface area contributed by atoms with Crippen molar-refractivity contribution >= 4 is 0 Å². The predicted octanol–water partition coefficient (Wildman–Crippen LogP) is 3.45. The van der Waals surface area contributed by atoms with E-state index in [0.717, 1.165) is 42.8 Å². The predicted molar refractivity (Wildman–Crippen MR) is 86.4 cm³/mol. The average Bonchev–Trinajstić information content (AvgIpc) is 2.73. The first kappa shape index (κ1) is 16.3. The molecule has 1 aliphatic heterocycles. The molecular formula is C18H29NO2. The summed E-state index contributed by atoms with van der Waals surface area (Å²) in [6, 6.07) is 5.97. The Morgan fingerprint density at radius 2 is 2.10 bits per heavy atom. The summed E-state index contributed by atoms with van der Waals surface area (Å²) >= 11 is 0. The minimum atomic E-state index is 0.0897. The first-order valence-electron chi connectivity index (χ1n) is 8.13. The number of ether oxygens (including phenoxy) is 1. The quantitative estimate of drug-likeness (QED) is 0.902. The highest BCUT2D eigenvalue weighted by atomic mass is 16.5. The third kappa shape index (κ3) is 4.45. The molecule has 0 saturated carbocycles. The van der Waals surface area contributed by atoms with Crippen LogP contribution in [0.5, 0.6) is 5.75 Å². The molecule has 3 heteroatoms. The summed E-state index contributed by atoms with van der Waals surface area (Å²) in [4.78, 5) is 2.53. The zero-order valence-electron chi connectivity index (χ0n) is 13.6. The van der Waals surface area contributed by atoms with Gasteiger partial charge in [0.2, 0.25) is 0 Å². The maximum absolute atomic E-state index is 9.32. The van der Waals surface area contributed by atoms with E-state index >= 15 is 0 Å². The molecule has 1 fully saturated rings. The number of nitrogens with zero attached hydrogens (tertiary/aromatic N) is 1. The fourth-order valence-electron chi connectivity index (χ4n) is 3.30. The Hall–Kier alpha value is -1.06.